The molecule has 0 bridgehead atoms. The van der Waals surface area contributed by atoms with E-state index in [0.717, 1.165) is 17.0 Å². The predicted molar refractivity (Wildman–Crippen MR) is 65.3 cm³/mol. The molecule has 1 aromatic rings. The summed E-state index contributed by atoms with van der Waals surface area (Å²) in [6.45, 7) is 4.10. The zero-order valence-corrected chi connectivity index (χ0v) is 10.3. The number of hydrogen-bond donors (Lipinski definition) is 1. The average molecular weight is 238 g/mol. The van der Waals surface area contributed by atoms with Crippen molar-refractivity contribution in [3.8, 4) is 0 Å². The van der Waals surface area contributed by atoms with Crippen LogP contribution in [0.3, 0.4) is 0 Å². The van der Waals surface area contributed by atoms with Gasteiger partial charge in [-0.1, -0.05) is 30.7 Å². The second-order valence-corrected chi connectivity index (χ2v) is 5.04. The lowest BCUT2D eigenvalue weighted by Crippen LogP contribution is -2.28. The van der Waals surface area contributed by atoms with Crippen LogP contribution in [-0.2, 0) is 4.79 Å². The molecule has 0 aromatic heterocycles. The van der Waals surface area contributed by atoms with Gasteiger partial charge in [-0.05, 0) is 37.0 Å². The van der Waals surface area contributed by atoms with E-state index < -0.39 is 0 Å². The fourth-order valence-corrected chi connectivity index (χ4v) is 1.97. The molecule has 16 heavy (non-hydrogen) atoms. The van der Waals surface area contributed by atoms with Crippen LogP contribution in [0.4, 0.5) is 0 Å². The molecule has 0 unspecified atom stereocenters. The molecule has 1 N–H and O–H groups in total. The lowest BCUT2D eigenvalue weighted by molar-refractivity contribution is -0.123. The zero-order chi connectivity index (χ0) is 11.7. The molecule has 3 heteroatoms. The summed E-state index contributed by atoms with van der Waals surface area (Å²) in [4.78, 5) is 11.7. The van der Waals surface area contributed by atoms with Gasteiger partial charge in [-0.2, -0.15) is 0 Å². The highest BCUT2D eigenvalue weighted by Gasteiger charge is 2.39. The molecule has 2 rings (SSSR count). The molecular weight excluding hydrogens is 222 g/mol. The van der Waals surface area contributed by atoms with Crippen molar-refractivity contribution in [1.82, 2.24) is 5.32 Å². The minimum absolute atomic E-state index is 0.0533. The molecule has 0 radical (unpaired) electrons. The number of halogens is 1. The Kier molecular flexibility index (Phi) is 3.20. The van der Waals surface area contributed by atoms with Gasteiger partial charge in [0, 0.05) is 10.9 Å². The minimum atomic E-state index is 0.0533. The smallest absolute Gasteiger partial charge is 0.223 e. The Bertz CT molecular complexity index is 387. The van der Waals surface area contributed by atoms with Gasteiger partial charge in [0.15, 0.2) is 0 Å². The predicted octanol–water partition coefficient (Wildman–Crippen LogP) is 3.17. The van der Waals surface area contributed by atoms with Gasteiger partial charge < -0.3 is 5.32 Å². The van der Waals surface area contributed by atoms with Crippen LogP contribution < -0.4 is 5.32 Å². The molecule has 1 fully saturated rings. The molecule has 2 nitrogen and oxygen atoms in total. The Morgan fingerprint density at radius 3 is 2.50 bits per heavy atom. The van der Waals surface area contributed by atoms with E-state index >= 15 is 0 Å². The first-order chi connectivity index (χ1) is 7.58. The summed E-state index contributed by atoms with van der Waals surface area (Å²) < 4.78 is 0. The van der Waals surface area contributed by atoms with Crippen molar-refractivity contribution < 1.29 is 4.79 Å². The molecule has 0 heterocycles. The van der Waals surface area contributed by atoms with E-state index in [1.54, 1.807) is 0 Å². The first kappa shape index (κ1) is 11.5. The maximum Gasteiger partial charge on any atom is 0.223 e. The largest absolute Gasteiger partial charge is 0.349 e. The van der Waals surface area contributed by atoms with Crippen LogP contribution in [0.5, 0.6) is 0 Å². The van der Waals surface area contributed by atoms with Gasteiger partial charge in [0.2, 0.25) is 5.91 Å². The molecule has 1 saturated carbocycles. The third-order valence-corrected chi connectivity index (χ3v) is 3.43. The molecule has 0 aliphatic heterocycles. The van der Waals surface area contributed by atoms with Crippen LogP contribution in [0, 0.1) is 11.8 Å². The van der Waals surface area contributed by atoms with Gasteiger partial charge in [0.25, 0.3) is 0 Å². The zero-order valence-electron chi connectivity index (χ0n) is 9.53. The highest BCUT2D eigenvalue weighted by atomic mass is 35.5. The van der Waals surface area contributed by atoms with Gasteiger partial charge >= 0.3 is 0 Å². The van der Waals surface area contributed by atoms with Gasteiger partial charge in [-0.25, -0.2) is 0 Å². The van der Waals surface area contributed by atoms with E-state index in [1.807, 2.05) is 31.2 Å². The number of benzene rings is 1. The lowest BCUT2D eigenvalue weighted by atomic mass is 10.1. The van der Waals surface area contributed by atoms with E-state index in [4.69, 9.17) is 11.6 Å². The Hall–Kier alpha value is -1.02. The lowest BCUT2D eigenvalue weighted by Gasteiger charge is -2.14. The number of amides is 1. The molecule has 0 spiro atoms. The number of nitrogens with one attached hydrogen (secondary N) is 1. The summed E-state index contributed by atoms with van der Waals surface area (Å²) >= 11 is 5.81. The van der Waals surface area contributed by atoms with Crippen molar-refractivity contribution in [3.63, 3.8) is 0 Å². The van der Waals surface area contributed by atoms with E-state index in [1.165, 1.54) is 0 Å². The fourth-order valence-electron chi connectivity index (χ4n) is 1.84. The third kappa shape index (κ3) is 2.56. The highest BCUT2D eigenvalue weighted by molar-refractivity contribution is 6.30. The molecule has 1 aromatic carbocycles. The quantitative estimate of drug-likeness (QED) is 0.860. The summed E-state index contributed by atoms with van der Waals surface area (Å²) in [7, 11) is 0. The topological polar surface area (TPSA) is 29.1 Å². The molecule has 1 aliphatic rings. The van der Waals surface area contributed by atoms with Crippen LogP contribution in [0.2, 0.25) is 5.02 Å². The molecular formula is C13H16ClNO. The standard InChI is InChI=1S/C13H16ClNO/c1-8-7-12(8)13(16)15-9(2)10-3-5-11(14)6-4-10/h3-6,8-9,12H,7H2,1-2H3,(H,15,16)/t8-,9-,12+/m0/s1. The monoisotopic (exact) mass is 237 g/mol. The van der Waals surface area contributed by atoms with Gasteiger partial charge in [-0.3, -0.25) is 4.79 Å². The van der Waals surface area contributed by atoms with Gasteiger partial charge in [0.05, 0.1) is 6.04 Å². The van der Waals surface area contributed by atoms with Gasteiger partial charge in [0.1, 0.15) is 0 Å². The number of rotatable bonds is 3. The first-order valence-corrected chi connectivity index (χ1v) is 6.01. The molecule has 0 saturated heterocycles. The second-order valence-electron chi connectivity index (χ2n) is 4.60. The van der Waals surface area contributed by atoms with E-state index in [9.17, 15) is 4.79 Å². The second kappa shape index (κ2) is 4.46. The summed E-state index contributed by atoms with van der Waals surface area (Å²) in [5, 5.41) is 3.75. The highest BCUT2D eigenvalue weighted by Crippen LogP contribution is 2.38. The summed E-state index contributed by atoms with van der Waals surface area (Å²) in [5.41, 5.74) is 1.09. The Morgan fingerprint density at radius 2 is 2.00 bits per heavy atom. The average Bonchev–Trinajstić information content (AvgIpc) is 2.96. The minimum Gasteiger partial charge on any atom is -0.349 e. The number of hydrogen-bond acceptors (Lipinski definition) is 1. The summed E-state index contributed by atoms with van der Waals surface area (Å²) in [5.74, 6) is 0.960. The maximum absolute atomic E-state index is 11.7. The molecule has 3 atom stereocenters. The van der Waals surface area contributed by atoms with E-state index in [2.05, 4.69) is 12.2 Å². The fraction of sp³-hybridized carbons (Fsp3) is 0.462. The van der Waals surface area contributed by atoms with Crippen LogP contribution >= 0.6 is 11.6 Å². The third-order valence-electron chi connectivity index (χ3n) is 3.18. The van der Waals surface area contributed by atoms with Crippen LogP contribution in [0.25, 0.3) is 0 Å². The van der Waals surface area contributed by atoms with Crippen molar-refractivity contribution >= 4 is 17.5 Å². The van der Waals surface area contributed by atoms with E-state index in [0.29, 0.717) is 5.92 Å². The Labute approximate surface area is 101 Å². The van der Waals surface area contributed by atoms with Crippen molar-refractivity contribution in [3.05, 3.63) is 34.9 Å². The summed E-state index contributed by atoms with van der Waals surface area (Å²) in [6, 6.07) is 7.64. The number of carbonyl (C=O) groups is 1. The van der Waals surface area contributed by atoms with E-state index in [-0.39, 0.29) is 17.9 Å². The van der Waals surface area contributed by atoms with Crippen LogP contribution in [0.1, 0.15) is 31.9 Å². The SMILES string of the molecule is C[C@H](NC(=O)[C@@H]1C[C@@H]1C)c1ccc(Cl)cc1. The summed E-state index contributed by atoms with van der Waals surface area (Å²) in [6.07, 6.45) is 1.03. The van der Waals surface area contributed by atoms with Crippen LogP contribution in [0.15, 0.2) is 24.3 Å². The number of carbonyl (C=O) groups excluding carboxylic acids is 1. The maximum atomic E-state index is 11.7. The Balaban J connectivity index is 1.94. The van der Waals surface area contributed by atoms with Crippen molar-refractivity contribution in [2.45, 2.75) is 26.3 Å². The molecule has 1 aliphatic carbocycles. The van der Waals surface area contributed by atoms with Gasteiger partial charge in [-0.15, -0.1) is 0 Å². The Morgan fingerprint density at radius 1 is 1.44 bits per heavy atom. The van der Waals surface area contributed by atoms with Crippen LogP contribution in [-0.4, -0.2) is 5.91 Å². The van der Waals surface area contributed by atoms with Crippen molar-refractivity contribution in [2.24, 2.45) is 11.8 Å². The molecule has 1 amide bonds. The van der Waals surface area contributed by atoms with Crippen molar-refractivity contribution in [1.29, 1.82) is 0 Å². The van der Waals surface area contributed by atoms with Crippen molar-refractivity contribution in [2.75, 3.05) is 0 Å². The normalized spacial score (nSPS) is 24.9. The first-order valence-electron chi connectivity index (χ1n) is 5.64. The molecule has 86 valence electrons.